The molecule has 0 atom stereocenters. The summed E-state index contributed by atoms with van der Waals surface area (Å²) in [5.41, 5.74) is -1.08. The van der Waals surface area contributed by atoms with E-state index in [2.05, 4.69) is 0 Å². The molecule has 0 aromatic heterocycles. The van der Waals surface area contributed by atoms with E-state index in [1.165, 1.54) is 0 Å². The molecule has 0 aromatic carbocycles. The molecule has 2 heterocycles. The first kappa shape index (κ1) is 13.1. The van der Waals surface area contributed by atoms with Crippen LogP contribution in [-0.2, 0) is 9.53 Å². The lowest BCUT2D eigenvalue weighted by Crippen LogP contribution is -2.50. The SMILES string of the molecule is CC(C)(C)OC(=O)N1C2CCC1(C(=O)I)CC2. The molecule has 0 saturated carbocycles. The molecule has 2 aliphatic rings. The third-order valence-corrected chi connectivity index (χ3v) is 4.57. The Morgan fingerprint density at radius 1 is 1.29 bits per heavy atom. The molecule has 0 spiro atoms. The van der Waals surface area contributed by atoms with Gasteiger partial charge >= 0.3 is 6.09 Å². The van der Waals surface area contributed by atoms with Gasteiger partial charge in [-0.2, -0.15) is 0 Å². The number of rotatable bonds is 1. The van der Waals surface area contributed by atoms with Gasteiger partial charge in [0.25, 0.3) is 0 Å². The van der Waals surface area contributed by atoms with Gasteiger partial charge in [0, 0.05) is 28.6 Å². The van der Waals surface area contributed by atoms with Crippen molar-refractivity contribution in [3.8, 4) is 0 Å². The molecule has 0 N–H and O–H groups in total. The molecule has 2 fully saturated rings. The van der Waals surface area contributed by atoms with E-state index in [1.54, 1.807) is 4.90 Å². The monoisotopic (exact) mass is 351 g/mol. The molecule has 2 saturated heterocycles. The third kappa shape index (κ3) is 2.18. The van der Waals surface area contributed by atoms with Crippen LogP contribution in [-0.4, -0.2) is 32.0 Å². The van der Waals surface area contributed by atoms with Crippen molar-refractivity contribution in [2.75, 3.05) is 0 Å². The summed E-state index contributed by atoms with van der Waals surface area (Å²) in [5.74, 6) is 0. The molecule has 2 aliphatic heterocycles. The van der Waals surface area contributed by atoms with Crippen LogP contribution in [0.15, 0.2) is 0 Å². The van der Waals surface area contributed by atoms with E-state index >= 15 is 0 Å². The van der Waals surface area contributed by atoms with Crippen LogP contribution in [0.1, 0.15) is 46.5 Å². The number of ether oxygens (including phenoxy) is 1. The number of halogens is 1. The van der Waals surface area contributed by atoms with Gasteiger partial charge in [0.05, 0.1) is 0 Å². The Balaban J connectivity index is 2.21. The average molecular weight is 351 g/mol. The second-order valence-corrected chi connectivity index (χ2v) is 6.87. The third-order valence-electron chi connectivity index (χ3n) is 3.56. The number of carbonyl (C=O) groups excluding carboxylic acids is 2. The highest BCUT2D eigenvalue weighted by molar-refractivity contribution is 14.1. The molecule has 2 bridgehead atoms. The number of nitrogens with zero attached hydrogens (tertiary/aromatic N) is 1. The average Bonchev–Trinajstić information content (AvgIpc) is 2.70. The van der Waals surface area contributed by atoms with E-state index in [9.17, 15) is 9.59 Å². The Morgan fingerprint density at radius 2 is 1.82 bits per heavy atom. The predicted molar refractivity (Wildman–Crippen MR) is 72.1 cm³/mol. The molecule has 0 unspecified atom stereocenters. The van der Waals surface area contributed by atoms with Gasteiger partial charge in [-0.3, -0.25) is 9.69 Å². The van der Waals surface area contributed by atoms with Crippen LogP contribution in [0.4, 0.5) is 4.79 Å². The van der Waals surface area contributed by atoms with Gasteiger partial charge in [-0.15, -0.1) is 0 Å². The first-order chi connectivity index (χ1) is 7.76. The summed E-state index contributed by atoms with van der Waals surface area (Å²) in [4.78, 5) is 25.7. The molecule has 96 valence electrons. The zero-order valence-electron chi connectivity index (χ0n) is 10.5. The molecule has 0 aromatic rings. The van der Waals surface area contributed by atoms with E-state index in [4.69, 9.17) is 4.74 Å². The van der Waals surface area contributed by atoms with Gasteiger partial charge in [0.2, 0.25) is 3.79 Å². The molecule has 4 nitrogen and oxygen atoms in total. The fraction of sp³-hybridized carbons (Fsp3) is 0.833. The fourth-order valence-corrected chi connectivity index (χ4v) is 3.65. The Labute approximate surface area is 115 Å². The van der Waals surface area contributed by atoms with E-state index < -0.39 is 11.1 Å². The molecular formula is C12H18INO3. The van der Waals surface area contributed by atoms with Gasteiger partial charge in [-0.1, -0.05) is 0 Å². The Hall–Kier alpha value is -0.330. The first-order valence-electron chi connectivity index (χ1n) is 5.98. The van der Waals surface area contributed by atoms with Crippen LogP contribution < -0.4 is 0 Å². The van der Waals surface area contributed by atoms with Crippen LogP contribution >= 0.6 is 22.6 Å². The van der Waals surface area contributed by atoms with Crippen LogP contribution in [0, 0.1) is 0 Å². The van der Waals surface area contributed by atoms with E-state index in [1.807, 2.05) is 43.4 Å². The summed E-state index contributed by atoms with van der Waals surface area (Å²) in [6.07, 6.45) is 3.10. The van der Waals surface area contributed by atoms with Crippen molar-refractivity contribution < 1.29 is 14.3 Å². The van der Waals surface area contributed by atoms with Gasteiger partial charge < -0.3 is 4.74 Å². The highest BCUT2D eigenvalue weighted by atomic mass is 127. The molecule has 1 amide bonds. The van der Waals surface area contributed by atoms with Crippen molar-refractivity contribution in [1.82, 2.24) is 4.90 Å². The van der Waals surface area contributed by atoms with Crippen molar-refractivity contribution in [1.29, 1.82) is 0 Å². The predicted octanol–water partition coefficient (Wildman–Crippen LogP) is 2.88. The van der Waals surface area contributed by atoms with Crippen LogP contribution in [0.2, 0.25) is 0 Å². The highest BCUT2D eigenvalue weighted by Crippen LogP contribution is 2.48. The Bertz CT molecular complexity index is 353. The number of carbonyl (C=O) groups is 2. The maximum absolute atomic E-state index is 12.2. The van der Waals surface area contributed by atoms with Crippen LogP contribution in [0.5, 0.6) is 0 Å². The first-order valence-corrected chi connectivity index (χ1v) is 7.06. The van der Waals surface area contributed by atoms with Gasteiger partial charge in [0.1, 0.15) is 11.1 Å². The lowest BCUT2D eigenvalue weighted by atomic mass is 9.89. The van der Waals surface area contributed by atoms with Crippen LogP contribution in [0.3, 0.4) is 0 Å². The van der Waals surface area contributed by atoms with Crippen molar-refractivity contribution in [2.45, 2.75) is 63.6 Å². The number of amides is 1. The number of hydrogen-bond acceptors (Lipinski definition) is 3. The zero-order valence-corrected chi connectivity index (χ0v) is 12.6. The minimum absolute atomic E-state index is 0.0703. The smallest absolute Gasteiger partial charge is 0.411 e. The normalized spacial score (nSPS) is 31.8. The second-order valence-electron chi connectivity index (χ2n) is 5.89. The largest absolute Gasteiger partial charge is 0.444 e. The van der Waals surface area contributed by atoms with Gasteiger partial charge in [-0.25, -0.2) is 4.79 Å². The summed E-state index contributed by atoms with van der Waals surface area (Å²) >= 11 is 1.82. The fourth-order valence-electron chi connectivity index (χ4n) is 2.85. The summed E-state index contributed by atoms with van der Waals surface area (Å²) in [7, 11) is 0. The highest BCUT2D eigenvalue weighted by Gasteiger charge is 2.58. The van der Waals surface area contributed by atoms with Crippen molar-refractivity contribution in [3.63, 3.8) is 0 Å². The topological polar surface area (TPSA) is 46.6 Å². The quantitative estimate of drug-likeness (QED) is 0.539. The van der Waals surface area contributed by atoms with Crippen molar-refractivity contribution in [2.24, 2.45) is 0 Å². The Morgan fingerprint density at radius 3 is 2.24 bits per heavy atom. The summed E-state index contributed by atoms with van der Waals surface area (Å²) in [6.45, 7) is 5.55. The van der Waals surface area contributed by atoms with Crippen molar-refractivity contribution >= 4 is 32.5 Å². The molecule has 17 heavy (non-hydrogen) atoms. The lowest BCUT2D eigenvalue weighted by Gasteiger charge is -2.33. The van der Waals surface area contributed by atoms with Crippen molar-refractivity contribution in [3.05, 3.63) is 0 Å². The zero-order chi connectivity index (χ0) is 12.8. The number of fused-ring (bicyclic) bond motifs is 2. The van der Waals surface area contributed by atoms with Gasteiger partial charge in [0.15, 0.2) is 0 Å². The maximum Gasteiger partial charge on any atom is 0.411 e. The van der Waals surface area contributed by atoms with E-state index in [0.717, 1.165) is 25.7 Å². The Kier molecular flexibility index (Phi) is 3.16. The van der Waals surface area contributed by atoms with Crippen LogP contribution in [0.25, 0.3) is 0 Å². The summed E-state index contributed by atoms with van der Waals surface area (Å²) < 4.78 is 5.48. The minimum Gasteiger partial charge on any atom is -0.444 e. The molecule has 0 radical (unpaired) electrons. The van der Waals surface area contributed by atoms with Gasteiger partial charge in [-0.05, 0) is 46.5 Å². The minimum atomic E-state index is -0.576. The summed E-state index contributed by atoms with van der Waals surface area (Å²) in [5, 5.41) is 0. The van der Waals surface area contributed by atoms with E-state index in [0.29, 0.717) is 0 Å². The number of hydrogen-bond donors (Lipinski definition) is 0. The molecular weight excluding hydrogens is 333 g/mol. The molecule has 5 heteroatoms. The second kappa shape index (κ2) is 4.10. The maximum atomic E-state index is 12.2. The summed E-state index contributed by atoms with van der Waals surface area (Å²) in [6, 6.07) is 0.198. The standard InChI is InChI=1S/C12H18INO3/c1-11(2,3)17-10(16)14-8-4-6-12(14,7-5-8)9(13)15/h8H,4-7H2,1-3H3. The molecule has 2 rings (SSSR count). The molecule has 0 aliphatic carbocycles. The van der Waals surface area contributed by atoms with E-state index in [-0.39, 0.29) is 15.9 Å². The lowest BCUT2D eigenvalue weighted by molar-refractivity contribution is -0.118.